The number of likely N-dealkylation sites (tertiary alicyclic amines) is 1. The SMILES string of the molecule is CCCCSCC1(C)CN(C)C(C)CC1=O. The van der Waals surface area contributed by atoms with Gasteiger partial charge < -0.3 is 4.90 Å². The third-order valence-corrected chi connectivity index (χ3v) is 4.99. The van der Waals surface area contributed by atoms with Crippen LogP contribution < -0.4 is 0 Å². The van der Waals surface area contributed by atoms with Gasteiger partial charge in [0, 0.05) is 30.2 Å². The highest BCUT2D eigenvalue weighted by atomic mass is 32.2. The Morgan fingerprint density at radius 1 is 1.56 bits per heavy atom. The van der Waals surface area contributed by atoms with E-state index in [0.717, 1.165) is 18.7 Å². The Morgan fingerprint density at radius 2 is 2.25 bits per heavy atom. The van der Waals surface area contributed by atoms with Crippen LogP contribution in [0.1, 0.15) is 40.0 Å². The van der Waals surface area contributed by atoms with Gasteiger partial charge in [0.1, 0.15) is 5.78 Å². The molecule has 1 saturated heterocycles. The monoisotopic (exact) mass is 243 g/mol. The van der Waals surface area contributed by atoms with E-state index in [-0.39, 0.29) is 5.41 Å². The number of unbranched alkanes of at least 4 members (excludes halogenated alkanes) is 1. The minimum Gasteiger partial charge on any atom is -0.302 e. The average Bonchev–Trinajstić information content (AvgIpc) is 2.22. The molecule has 3 heteroatoms. The predicted octanol–water partition coefficient (Wildman–Crippen LogP) is 2.82. The third kappa shape index (κ3) is 3.49. The molecule has 2 atom stereocenters. The van der Waals surface area contributed by atoms with Crippen molar-refractivity contribution in [2.75, 3.05) is 25.1 Å². The second kappa shape index (κ2) is 6.06. The topological polar surface area (TPSA) is 20.3 Å². The lowest BCUT2D eigenvalue weighted by molar-refractivity contribution is -0.132. The molecule has 2 nitrogen and oxygen atoms in total. The maximum absolute atomic E-state index is 12.1. The van der Waals surface area contributed by atoms with Crippen molar-refractivity contribution < 1.29 is 4.79 Å². The summed E-state index contributed by atoms with van der Waals surface area (Å²) < 4.78 is 0. The Morgan fingerprint density at radius 3 is 2.88 bits per heavy atom. The van der Waals surface area contributed by atoms with Gasteiger partial charge in [-0.1, -0.05) is 20.3 Å². The van der Waals surface area contributed by atoms with Crippen LogP contribution in [0.15, 0.2) is 0 Å². The van der Waals surface area contributed by atoms with Crippen LogP contribution in [0.5, 0.6) is 0 Å². The standard InChI is InChI=1S/C13H25NOS/c1-5-6-7-16-10-13(3)9-14(4)11(2)8-12(13)15/h11H,5-10H2,1-4H3. The molecule has 16 heavy (non-hydrogen) atoms. The molecular formula is C13H25NOS. The number of Topliss-reactive ketones (excluding diaryl/α,β-unsaturated/α-hetero) is 1. The van der Waals surface area contributed by atoms with Crippen LogP contribution in [0.4, 0.5) is 0 Å². The van der Waals surface area contributed by atoms with Crippen LogP contribution in [-0.2, 0) is 4.79 Å². The first kappa shape index (κ1) is 14.0. The van der Waals surface area contributed by atoms with Crippen LogP contribution in [-0.4, -0.2) is 41.8 Å². The summed E-state index contributed by atoms with van der Waals surface area (Å²) >= 11 is 1.94. The maximum atomic E-state index is 12.1. The molecule has 0 amide bonds. The third-order valence-electron chi connectivity index (χ3n) is 3.57. The van der Waals surface area contributed by atoms with Crippen LogP contribution in [0, 0.1) is 5.41 Å². The molecule has 1 rings (SSSR count). The number of hydrogen-bond donors (Lipinski definition) is 0. The number of thioether (sulfide) groups is 1. The molecule has 0 radical (unpaired) electrons. The maximum Gasteiger partial charge on any atom is 0.142 e. The van der Waals surface area contributed by atoms with Gasteiger partial charge in [-0.15, -0.1) is 0 Å². The predicted molar refractivity (Wildman–Crippen MR) is 72.1 cm³/mol. The van der Waals surface area contributed by atoms with Crippen molar-refractivity contribution in [2.24, 2.45) is 5.41 Å². The number of piperidine rings is 1. The van der Waals surface area contributed by atoms with Crippen LogP contribution in [0.3, 0.4) is 0 Å². The Kier molecular flexibility index (Phi) is 5.32. The number of carbonyl (C=O) groups excluding carboxylic acids is 1. The summed E-state index contributed by atoms with van der Waals surface area (Å²) in [5, 5.41) is 0. The largest absolute Gasteiger partial charge is 0.302 e. The number of ketones is 1. The summed E-state index contributed by atoms with van der Waals surface area (Å²) in [6.45, 7) is 7.41. The van der Waals surface area contributed by atoms with E-state index in [9.17, 15) is 4.79 Å². The number of nitrogens with zero attached hydrogens (tertiary/aromatic N) is 1. The molecule has 1 aliphatic heterocycles. The molecule has 94 valence electrons. The van der Waals surface area contributed by atoms with E-state index in [0.29, 0.717) is 11.8 Å². The molecule has 0 aromatic rings. The van der Waals surface area contributed by atoms with Crippen LogP contribution in [0.2, 0.25) is 0 Å². The molecule has 0 N–H and O–H groups in total. The van der Waals surface area contributed by atoms with Gasteiger partial charge in [-0.25, -0.2) is 0 Å². The molecule has 1 fully saturated rings. The van der Waals surface area contributed by atoms with E-state index >= 15 is 0 Å². The van der Waals surface area contributed by atoms with Crippen molar-refractivity contribution in [3.8, 4) is 0 Å². The Labute approximate surface area is 104 Å². The summed E-state index contributed by atoms with van der Waals surface area (Å²) in [5.41, 5.74) is -0.111. The number of carbonyl (C=O) groups is 1. The molecular weight excluding hydrogens is 218 g/mol. The van der Waals surface area contributed by atoms with Crippen molar-refractivity contribution in [3.05, 3.63) is 0 Å². The minimum absolute atomic E-state index is 0.111. The second-order valence-corrected chi connectivity index (χ2v) is 6.46. The summed E-state index contributed by atoms with van der Waals surface area (Å²) in [6.07, 6.45) is 3.23. The molecule has 0 bridgehead atoms. The van der Waals surface area contributed by atoms with E-state index in [1.807, 2.05) is 11.8 Å². The molecule has 0 aliphatic carbocycles. The fourth-order valence-electron chi connectivity index (χ4n) is 2.13. The van der Waals surface area contributed by atoms with E-state index in [4.69, 9.17) is 0 Å². The highest BCUT2D eigenvalue weighted by molar-refractivity contribution is 7.99. The minimum atomic E-state index is -0.111. The lowest BCUT2D eigenvalue weighted by atomic mass is 9.80. The second-order valence-electron chi connectivity index (χ2n) is 5.36. The molecule has 0 aromatic heterocycles. The van der Waals surface area contributed by atoms with Gasteiger partial charge in [0.05, 0.1) is 0 Å². The first-order valence-corrected chi connectivity index (χ1v) is 7.46. The molecule has 1 aliphatic rings. The highest BCUT2D eigenvalue weighted by Crippen LogP contribution is 2.32. The fraction of sp³-hybridized carbons (Fsp3) is 0.923. The summed E-state index contributed by atoms with van der Waals surface area (Å²) in [5.74, 6) is 2.64. The van der Waals surface area contributed by atoms with Gasteiger partial charge in [-0.05, 0) is 26.1 Å². The zero-order valence-electron chi connectivity index (χ0n) is 11.1. The van der Waals surface area contributed by atoms with Crippen LogP contribution >= 0.6 is 11.8 Å². The zero-order chi connectivity index (χ0) is 12.2. The van der Waals surface area contributed by atoms with E-state index in [2.05, 4.69) is 32.7 Å². The van der Waals surface area contributed by atoms with Crippen molar-refractivity contribution in [2.45, 2.75) is 46.1 Å². The highest BCUT2D eigenvalue weighted by Gasteiger charge is 2.39. The molecule has 0 spiro atoms. The Balaban J connectivity index is 2.45. The van der Waals surface area contributed by atoms with Gasteiger partial charge >= 0.3 is 0 Å². The van der Waals surface area contributed by atoms with Gasteiger partial charge in [-0.3, -0.25) is 4.79 Å². The first-order chi connectivity index (χ1) is 7.49. The fourth-order valence-corrected chi connectivity index (χ4v) is 3.47. The first-order valence-electron chi connectivity index (χ1n) is 6.31. The van der Waals surface area contributed by atoms with Crippen molar-refractivity contribution >= 4 is 17.5 Å². The summed E-state index contributed by atoms with van der Waals surface area (Å²) in [7, 11) is 2.13. The number of rotatable bonds is 5. The number of hydrogen-bond acceptors (Lipinski definition) is 3. The van der Waals surface area contributed by atoms with Crippen molar-refractivity contribution in [3.63, 3.8) is 0 Å². The van der Waals surface area contributed by atoms with E-state index < -0.39 is 0 Å². The quantitative estimate of drug-likeness (QED) is 0.693. The van der Waals surface area contributed by atoms with E-state index in [1.165, 1.54) is 18.6 Å². The Bertz CT molecular complexity index is 244. The molecule has 2 unspecified atom stereocenters. The molecule has 0 aromatic carbocycles. The lowest BCUT2D eigenvalue weighted by Crippen LogP contribution is -2.51. The normalized spacial score (nSPS) is 32.0. The average molecular weight is 243 g/mol. The van der Waals surface area contributed by atoms with Gasteiger partial charge in [-0.2, -0.15) is 11.8 Å². The van der Waals surface area contributed by atoms with Gasteiger partial charge in [0.2, 0.25) is 0 Å². The molecule has 0 saturated carbocycles. The Hall–Kier alpha value is -0.0200. The van der Waals surface area contributed by atoms with Crippen molar-refractivity contribution in [1.82, 2.24) is 4.90 Å². The van der Waals surface area contributed by atoms with Gasteiger partial charge in [0.25, 0.3) is 0 Å². The van der Waals surface area contributed by atoms with Crippen molar-refractivity contribution in [1.29, 1.82) is 0 Å². The summed E-state index contributed by atoms with van der Waals surface area (Å²) in [6, 6.07) is 0.418. The summed E-state index contributed by atoms with van der Waals surface area (Å²) in [4.78, 5) is 14.4. The van der Waals surface area contributed by atoms with Gasteiger partial charge in [0.15, 0.2) is 0 Å². The smallest absolute Gasteiger partial charge is 0.142 e. The molecule has 1 heterocycles. The van der Waals surface area contributed by atoms with Crippen LogP contribution in [0.25, 0.3) is 0 Å². The lowest BCUT2D eigenvalue weighted by Gasteiger charge is -2.41. The zero-order valence-corrected chi connectivity index (χ0v) is 11.9. The van der Waals surface area contributed by atoms with E-state index in [1.54, 1.807) is 0 Å².